The van der Waals surface area contributed by atoms with Crippen molar-refractivity contribution in [1.29, 1.82) is 0 Å². The van der Waals surface area contributed by atoms with Crippen molar-refractivity contribution < 1.29 is 4.74 Å². The Morgan fingerprint density at radius 2 is 1.52 bits per heavy atom. The first kappa shape index (κ1) is 22.4. The molecule has 0 aromatic heterocycles. The van der Waals surface area contributed by atoms with E-state index in [2.05, 4.69) is 38.8 Å². The van der Waals surface area contributed by atoms with Crippen molar-refractivity contribution in [3.63, 3.8) is 0 Å². The van der Waals surface area contributed by atoms with Gasteiger partial charge in [-0.3, -0.25) is 0 Å². The average Bonchev–Trinajstić information content (AvgIpc) is 2.55. The molecule has 0 bridgehead atoms. The number of nitrogens with zero attached hydrogens (tertiary/aromatic N) is 1. The number of allylic oxidation sites excluding steroid dienone is 1. The lowest BCUT2D eigenvalue weighted by Gasteiger charge is -2.27. The third-order valence-corrected chi connectivity index (χ3v) is 4.89. The Morgan fingerprint density at radius 3 is 2.04 bits per heavy atom. The second kappa shape index (κ2) is 16.3. The van der Waals surface area contributed by atoms with Crippen molar-refractivity contribution in [2.45, 2.75) is 72.1 Å². The molecule has 0 radical (unpaired) electrons. The van der Waals surface area contributed by atoms with Crippen molar-refractivity contribution >= 4 is 11.8 Å². The van der Waals surface area contributed by atoms with Gasteiger partial charge in [0.1, 0.15) is 6.61 Å². The minimum Gasteiger partial charge on any atom is -0.492 e. The van der Waals surface area contributed by atoms with Gasteiger partial charge in [-0.05, 0) is 30.8 Å². The summed E-state index contributed by atoms with van der Waals surface area (Å²) in [6.45, 7) is 17.8. The summed E-state index contributed by atoms with van der Waals surface area (Å²) in [7, 11) is 0. The smallest absolute Gasteiger partial charge is 0.127 e. The van der Waals surface area contributed by atoms with Crippen molar-refractivity contribution in [3.05, 3.63) is 24.6 Å². The third kappa shape index (κ3) is 13.6. The first-order chi connectivity index (χ1) is 11.2. The highest BCUT2D eigenvalue weighted by Crippen LogP contribution is 2.13. The zero-order valence-electron chi connectivity index (χ0n) is 15.9. The molecule has 0 aliphatic rings. The molecule has 2 nitrogen and oxygen atoms in total. The number of rotatable bonds is 17. The molecule has 0 unspecified atom stereocenters. The fraction of sp³-hybridized carbons (Fsp3) is 0.800. The molecule has 23 heavy (non-hydrogen) atoms. The quantitative estimate of drug-likeness (QED) is 0.229. The van der Waals surface area contributed by atoms with E-state index in [0.29, 0.717) is 6.61 Å². The molecule has 0 amide bonds. The summed E-state index contributed by atoms with van der Waals surface area (Å²) in [5, 5.41) is 0. The van der Waals surface area contributed by atoms with Crippen LogP contribution < -0.4 is 0 Å². The van der Waals surface area contributed by atoms with Gasteiger partial charge in [-0.25, -0.2) is 0 Å². The molecule has 0 aromatic carbocycles. The molecule has 0 saturated heterocycles. The van der Waals surface area contributed by atoms with Crippen LogP contribution in [-0.4, -0.2) is 36.1 Å². The fourth-order valence-corrected chi connectivity index (χ4v) is 3.04. The van der Waals surface area contributed by atoms with Crippen LogP contribution in [0.25, 0.3) is 0 Å². The maximum Gasteiger partial charge on any atom is 0.127 e. The highest BCUT2D eigenvalue weighted by molar-refractivity contribution is 7.99. The van der Waals surface area contributed by atoms with Crippen molar-refractivity contribution in [2.75, 3.05) is 31.2 Å². The van der Waals surface area contributed by atoms with E-state index in [0.717, 1.165) is 37.4 Å². The van der Waals surface area contributed by atoms with Gasteiger partial charge >= 0.3 is 0 Å². The van der Waals surface area contributed by atoms with Crippen molar-refractivity contribution in [1.82, 2.24) is 4.90 Å². The van der Waals surface area contributed by atoms with E-state index in [1.807, 2.05) is 11.8 Å². The average molecular weight is 342 g/mol. The van der Waals surface area contributed by atoms with E-state index >= 15 is 0 Å². The number of thioether (sulfide) groups is 1. The van der Waals surface area contributed by atoms with Crippen LogP contribution in [0.5, 0.6) is 0 Å². The number of hydrogen-bond donors (Lipinski definition) is 0. The zero-order valence-corrected chi connectivity index (χ0v) is 16.7. The largest absolute Gasteiger partial charge is 0.492 e. The van der Waals surface area contributed by atoms with Gasteiger partial charge in [-0.1, -0.05) is 59.6 Å². The fourth-order valence-electron chi connectivity index (χ4n) is 2.40. The summed E-state index contributed by atoms with van der Waals surface area (Å²) in [5.41, 5.74) is 1.11. The standard InChI is InChI=1S/C20H39NOS/c1-6-9-11-15-21(16-12-10-7-2)19(4)18-22-20(5)14-13-17-23-8-3/h4-18H2,1-3H3. The molecule has 0 saturated carbocycles. The van der Waals surface area contributed by atoms with Gasteiger partial charge in [0.25, 0.3) is 0 Å². The summed E-state index contributed by atoms with van der Waals surface area (Å²) in [4.78, 5) is 2.42. The Morgan fingerprint density at radius 1 is 0.913 bits per heavy atom. The number of unbranched alkanes of at least 4 members (excludes halogenated alkanes) is 4. The van der Waals surface area contributed by atoms with Crippen LogP contribution in [-0.2, 0) is 4.74 Å². The third-order valence-electron chi connectivity index (χ3n) is 3.90. The van der Waals surface area contributed by atoms with Gasteiger partial charge in [0.15, 0.2) is 0 Å². The lowest BCUT2D eigenvalue weighted by atomic mass is 10.2. The molecule has 3 heteroatoms. The van der Waals surface area contributed by atoms with E-state index in [9.17, 15) is 0 Å². The summed E-state index contributed by atoms with van der Waals surface area (Å²) >= 11 is 1.98. The first-order valence-electron chi connectivity index (χ1n) is 9.46. The molecule has 0 spiro atoms. The highest BCUT2D eigenvalue weighted by atomic mass is 32.2. The van der Waals surface area contributed by atoms with Crippen LogP contribution in [0.1, 0.15) is 72.1 Å². The minimum absolute atomic E-state index is 0.595. The summed E-state index contributed by atoms with van der Waals surface area (Å²) < 4.78 is 5.83. The predicted molar refractivity (Wildman–Crippen MR) is 107 cm³/mol. The Labute approximate surface area is 149 Å². The molecular formula is C20H39NOS. The number of hydrogen-bond acceptors (Lipinski definition) is 3. The number of ether oxygens (including phenoxy) is 1. The van der Waals surface area contributed by atoms with Crippen LogP contribution in [0.15, 0.2) is 24.6 Å². The van der Waals surface area contributed by atoms with E-state index in [4.69, 9.17) is 4.74 Å². The summed E-state index contributed by atoms with van der Waals surface area (Å²) in [5.74, 6) is 3.29. The molecule has 0 aliphatic heterocycles. The van der Waals surface area contributed by atoms with Crippen LogP contribution in [0.2, 0.25) is 0 Å². The van der Waals surface area contributed by atoms with Gasteiger partial charge in [-0.2, -0.15) is 11.8 Å². The zero-order chi connectivity index (χ0) is 17.3. The molecular weight excluding hydrogens is 302 g/mol. The molecule has 0 fully saturated rings. The predicted octanol–water partition coefficient (Wildman–Crippen LogP) is 6.25. The topological polar surface area (TPSA) is 12.5 Å². The van der Waals surface area contributed by atoms with Crippen LogP contribution in [0.4, 0.5) is 0 Å². The molecule has 0 atom stereocenters. The van der Waals surface area contributed by atoms with Crippen LogP contribution >= 0.6 is 11.8 Å². The molecule has 136 valence electrons. The van der Waals surface area contributed by atoms with Gasteiger partial charge in [0.05, 0.1) is 5.76 Å². The van der Waals surface area contributed by atoms with E-state index < -0.39 is 0 Å². The highest BCUT2D eigenvalue weighted by Gasteiger charge is 2.08. The van der Waals surface area contributed by atoms with Crippen molar-refractivity contribution in [3.8, 4) is 0 Å². The van der Waals surface area contributed by atoms with Gasteiger partial charge in [-0.15, -0.1) is 0 Å². The lowest BCUT2D eigenvalue weighted by Crippen LogP contribution is -2.27. The van der Waals surface area contributed by atoms with E-state index in [-0.39, 0.29) is 0 Å². The Balaban J connectivity index is 4.06. The minimum atomic E-state index is 0.595. The maximum atomic E-state index is 5.83. The molecule has 0 N–H and O–H groups in total. The van der Waals surface area contributed by atoms with E-state index in [1.54, 1.807) is 0 Å². The Bertz CT molecular complexity index is 294. The first-order valence-corrected chi connectivity index (χ1v) is 10.6. The Hall–Kier alpha value is -0.570. The normalized spacial score (nSPS) is 10.6. The summed E-state index contributed by atoms with van der Waals surface area (Å²) in [6.07, 6.45) is 9.72. The van der Waals surface area contributed by atoms with Crippen LogP contribution in [0, 0.1) is 0 Å². The van der Waals surface area contributed by atoms with E-state index in [1.165, 1.54) is 50.0 Å². The van der Waals surface area contributed by atoms with Gasteiger partial charge < -0.3 is 9.64 Å². The lowest BCUT2D eigenvalue weighted by molar-refractivity contribution is 0.190. The van der Waals surface area contributed by atoms with Crippen molar-refractivity contribution in [2.24, 2.45) is 0 Å². The second-order valence-electron chi connectivity index (χ2n) is 6.10. The second-order valence-corrected chi connectivity index (χ2v) is 7.49. The maximum absolute atomic E-state index is 5.83. The molecule has 0 heterocycles. The molecule has 0 aromatic rings. The monoisotopic (exact) mass is 341 g/mol. The molecule has 0 rings (SSSR count). The van der Waals surface area contributed by atoms with Gasteiger partial charge in [0.2, 0.25) is 0 Å². The Kier molecular flexibility index (Phi) is 15.9. The summed E-state index contributed by atoms with van der Waals surface area (Å²) in [6, 6.07) is 0. The molecule has 0 aliphatic carbocycles. The van der Waals surface area contributed by atoms with Gasteiger partial charge in [0, 0.05) is 25.2 Å². The van der Waals surface area contributed by atoms with Crippen LogP contribution in [0.3, 0.4) is 0 Å². The SMILES string of the molecule is C=C(CCCSCC)OCC(=C)N(CCCCC)CCCCC.